The molecule has 2 aromatic rings. The van der Waals surface area contributed by atoms with Crippen molar-refractivity contribution in [3.63, 3.8) is 0 Å². The lowest BCUT2D eigenvalue weighted by Gasteiger charge is -2.32. The highest BCUT2D eigenvalue weighted by Gasteiger charge is 2.34. The molecule has 3 aliphatic rings. The van der Waals surface area contributed by atoms with Crippen molar-refractivity contribution in [3.8, 4) is 17.2 Å². The zero-order valence-electron chi connectivity index (χ0n) is 19.2. The predicted octanol–water partition coefficient (Wildman–Crippen LogP) is 4.81. The average molecular weight is 502 g/mol. The second kappa shape index (κ2) is 10.6. The molecule has 7 nitrogen and oxygen atoms in total. The third kappa shape index (κ3) is 4.98. The number of aliphatic imine (C=N–C) groups is 1. The summed E-state index contributed by atoms with van der Waals surface area (Å²) in [6, 6.07) is 13.6. The van der Waals surface area contributed by atoms with Crippen molar-refractivity contribution in [2.24, 2.45) is 4.99 Å². The van der Waals surface area contributed by atoms with Gasteiger partial charge in [0.2, 0.25) is 0 Å². The minimum absolute atomic E-state index is 0. The van der Waals surface area contributed by atoms with Gasteiger partial charge in [-0.05, 0) is 38.5 Å². The first-order valence-electron chi connectivity index (χ1n) is 11.2. The van der Waals surface area contributed by atoms with E-state index in [2.05, 4.69) is 15.3 Å². The number of ether oxygens (including phenoxy) is 3. The zero-order valence-corrected chi connectivity index (χ0v) is 20.9. The van der Waals surface area contributed by atoms with Gasteiger partial charge >= 0.3 is 0 Å². The molecule has 0 aromatic heterocycles. The molecule has 0 fully saturated rings. The Morgan fingerprint density at radius 1 is 1.18 bits per heavy atom. The van der Waals surface area contributed by atoms with Gasteiger partial charge < -0.3 is 24.0 Å². The fraction of sp³-hybridized carbons (Fsp3) is 0.360. The van der Waals surface area contributed by atoms with Crippen LogP contribution in [0.5, 0.6) is 17.2 Å². The number of rotatable bonds is 8. The fourth-order valence-corrected chi connectivity index (χ4v) is 5.08. The van der Waals surface area contributed by atoms with Crippen molar-refractivity contribution in [2.45, 2.75) is 26.4 Å². The highest BCUT2D eigenvalue weighted by Crippen LogP contribution is 2.46. The summed E-state index contributed by atoms with van der Waals surface area (Å²) in [5.41, 5.74) is 2.72. The van der Waals surface area contributed by atoms with Crippen LogP contribution in [0.1, 0.15) is 25.8 Å². The molecule has 5 rings (SSSR count). The number of carbonyl (C=O) groups excluding carboxylic acids is 1. The Bertz CT molecular complexity index is 1110. The van der Waals surface area contributed by atoms with Gasteiger partial charge in [0, 0.05) is 30.1 Å². The van der Waals surface area contributed by atoms with Crippen LogP contribution in [0.4, 0.5) is 5.69 Å². The third-order valence-corrected chi connectivity index (χ3v) is 6.43. The molecule has 1 amide bonds. The smallest absolute Gasteiger partial charge is 0.265 e. The summed E-state index contributed by atoms with van der Waals surface area (Å²) in [4.78, 5) is 21.4. The van der Waals surface area contributed by atoms with E-state index in [0.29, 0.717) is 19.6 Å². The van der Waals surface area contributed by atoms with Crippen LogP contribution >= 0.6 is 24.2 Å². The van der Waals surface area contributed by atoms with Gasteiger partial charge in [0.15, 0.2) is 17.5 Å². The van der Waals surface area contributed by atoms with Gasteiger partial charge in [-0.1, -0.05) is 30.0 Å². The highest BCUT2D eigenvalue weighted by atomic mass is 35.5. The largest absolute Gasteiger partial charge is 0.494 e. The Hall–Kier alpha value is -2.84. The normalized spacial score (nSPS) is 16.4. The van der Waals surface area contributed by atoms with Crippen molar-refractivity contribution in [3.05, 3.63) is 53.4 Å². The maximum atomic E-state index is 12.8. The number of carbonyl (C=O) groups is 1. The van der Waals surface area contributed by atoms with E-state index in [1.54, 1.807) is 16.7 Å². The van der Waals surface area contributed by atoms with Gasteiger partial charge in [-0.3, -0.25) is 9.79 Å². The molecule has 0 unspecified atom stereocenters. The molecule has 3 aliphatic heterocycles. The minimum atomic E-state index is -0.0620. The number of amidine groups is 1. The van der Waals surface area contributed by atoms with Crippen LogP contribution in [0.25, 0.3) is 5.70 Å². The number of hydrogen-bond donors (Lipinski definition) is 0. The number of thioether (sulfide) groups is 1. The summed E-state index contributed by atoms with van der Waals surface area (Å²) in [5.74, 6) is 2.20. The summed E-state index contributed by atoms with van der Waals surface area (Å²) in [7, 11) is 0. The molecular weight excluding hydrogens is 474 g/mol. The van der Waals surface area contributed by atoms with E-state index in [-0.39, 0.29) is 31.0 Å². The molecule has 3 heterocycles. The molecule has 180 valence electrons. The van der Waals surface area contributed by atoms with E-state index in [1.807, 2.05) is 56.3 Å². The number of para-hydroxylation sites is 1. The number of anilines is 1. The molecular formula is C25H28ClN3O4S. The van der Waals surface area contributed by atoms with Crippen LogP contribution in [0.15, 0.2) is 52.9 Å². The molecule has 34 heavy (non-hydrogen) atoms. The van der Waals surface area contributed by atoms with Crippen molar-refractivity contribution in [2.75, 3.05) is 37.7 Å². The lowest BCUT2D eigenvalue weighted by molar-refractivity contribution is -0.121. The monoisotopic (exact) mass is 501 g/mol. The van der Waals surface area contributed by atoms with E-state index < -0.39 is 0 Å². The van der Waals surface area contributed by atoms with E-state index in [0.717, 1.165) is 52.5 Å². The van der Waals surface area contributed by atoms with E-state index in [9.17, 15) is 4.79 Å². The second-order valence-electron chi connectivity index (χ2n) is 8.27. The quantitative estimate of drug-likeness (QED) is 0.484. The third-order valence-electron chi connectivity index (χ3n) is 5.53. The van der Waals surface area contributed by atoms with E-state index in [1.165, 1.54) is 0 Å². The Balaban J connectivity index is 0.00000274. The minimum Gasteiger partial charge on any atom is -0.494 e. The summed E-state index contributed by atoms with van der Waals surface area (Å²) in [6.07, 6.45) is 0.714. The summed E-state index contributed by atoms with van der Waals surface area (Å²) < 4.78 is 17.9. The lowest BCUT2D eigenvalue weighted by atomic mass is 10.1. The molecule has 0 saturated carbocycles. The van der Waals surface area contributed by atoms with Gasteiger partial charge in [-0.15, -0.1) is 12.4 Å². The number of halogens is 1. The zero-order chi connectivity index (χ0) is 22.8. The topological polar surface area (TPSA) is 63.6 Å². The van der Waals surface area contributed by atoms with Crippen LogP contribution in [0.2, 0.25) is 0 Å². The van der Waals surface area contributed by atoms with Gasteiger partial charge in [0.1, 0.15) is 11.5 Å². The number of benzene rings is 2. The van der Waals surface area contributed by atoms with Crippen molar-refractivity contribution >= 4 is 46.6 Å². The van der Waals surface area contributed by atoms with Gasteiger partial charge in [-0.2, -0.15) is 0 Å². The molecule has 0 radical (unpaired) electrons. The predicted molar refractivity (Wildman–Crippen MR) is 138 cm³/mol. The van der Waals surface area contributed by atoms with Gasteiger partial charge in [-0.25, -0.2) is 0 Å². The molecule has 0 aliphatic carbocycles. The summed E-state index contributed by atoms with van der Waals surface area (Å²) >= 11 is 1.62. The first-order chi connectivity index (χ1) is 16.1. The Morgan fingerprint density at radius 2 is 2.00 bits per heavy atom. The van der Waals surface area contributed by atoms with Crippen LogP contribution < -0.4 is 19.1 Å². The molecule has 9 heteroatoms. The summed E-state index contributed by atoms with van der Waals surface area (Å²) in [5, 5.41) is 3.11. The Morgan fingerprint density at radius 3 is 2.79 bits per heavy atom. The molecule has 2 aromatic carbocycles. The van der Waals surface area contributed by atoms with Crippen molar-refractivity contribution < 1.29 is 19.0 Å². The molecule has 0 spiro atoms. The first-order valence-corrected chi connectivity index (χ1v) is 12.1. The Labute approximate surface area is 210 Å². The molecule has 0 bridgehead atoms. The highest BCUT2D eigenvalue weighted by molar-refractivity contribution is 8.16. The molecule has 0 saturated heterocycles. The number of amides is 1. The standard InChI is InChI=1S/C25H27N3O4S.ClH/c1-17(2)32-19-13-20(22-16-33-25-26-9-11-28(22)25)24-21(14-19)27(23(29)15-31-24)10-6-12-30-18-7-4-3-5-8-18;/h3-5,7-8,13-14,16-17H,6,9-12,15H2,1-2H3;1H. The lowest BCUT2D eigenvalue weighted by Crippen LogP contribution is -2.40. The SMILES string of the molecule is CC(C)Oc1cc(C2=CSC3=NCCN23)c2c(c1)N(CCCOc1ccccc1)C(=O)CO2.Cl. The van der Waals surface area contributed by atoms with E-state index >= 15 is 0 Å². The fourth-order valence-electron chi connectivity index (χ4n) is 4.12. The summed E-state index contributed by atoms with van der Waals surface area (Å²) in [6.45, 7) is 6.70. The first kappa shape index (κ1) is 24.3. The maximum absolute atomic E-state index is 12.8. The molecule has 0 N–H and O–H groups in total. The average Bonchev–Trinajstić information content (AvgIpc) is 3.42. The molecule has 0 atom stereocenters. The van der Waals surface area contributed by atoms with Crippen LogP contribution in [0, 0.1) is 0 Å². The number of nitrogens with zero attached hydrogens (tertiary/aromatic N) is 3. The number of hydrogen-bond acceptors (Lipinski definition) is 7. The maximum Gasteiger partial charge on any atom is 0.265 e. The van der Waals surface area contributed by atoms with Crippen molar-refractivity contribution in [1.29, 1.82) is 0 Å². The van der Waals surface area contributed by atoms with Gasteiger partial charge in [0.25, 0.3) is 5.91 Å². The Kier molecular flexibility index (Phi) is 7.58. The second-order valence-corrected chi connectivity index (χ2v) is 9.11. The number of fused-ring (bicyclic) bond motifs is 2. The van der Waals surface area contributed by atoms with E-state index in [4.69, 9.17) is 14.2 Å². The van der Waals surface area contributed by atoms with Gasteiger partial charge in [0.05, 0.1) is 30.6 Å². The van der Waals surface area contributed by atoms with Crippen LogP contribution in [-0.2, 0) is 4.79 Å². The van der Waals surface area contributed by atoms with Crippen molar-refractivity contribution in [1.82, 2.24) is 4.90 Å². The van der Waals surface area contributed by atoms with Crippen LogP contribution in [-0.4, -0.2) is 54.9 Å². The van der Waals surface area contributed by atoms with Crippen LogP contribution in [0.3, 0.4) is 0 Å².